The normalized spacial score (nSPS) is 23.4. The molecule has 0 amide bonds. The Labute approximate surface area is 164 Å². The summed E-state index contributed by atoms with van der Waals surface area (Å²) in [5.41, 5.74) is 4.47. The van der Waals surface area contributed by atoms with Gasteiger partial charge in [0.05, 0.1) is 36.4 Å². The van der Waals surface area contributed by atoms with E-state index in [1.807, 2.05) is 16.9 Å². The fraction of sp³-hybridized carbons (Fsp3) is 0.364. The van der Waals surface area contributed by atoms with Crippen LogP contribution < -0.4 is 5.32 Å². The molecule has 3 heterocycles. The van der Waals surface area contributed by atoms with E-state index < -0.39 is 0 Å². The number of benzene rings is 2. The Balaban J connectivity index is 1.16. The molecule has 3 atom stereocenters. The van der Waals surface area contributed by atoms with Gasteiger partial charge in [0.1, 0.15) is 6.10 Å². The summed E-state index contributed by atoms with van der Waals surface area (Å²) >= 11 is 0. The van der Waals surface area contributed by atoms with E-state index in [9.17, 15) is 0 Å². The van der Waals surface area contributed by atoms with Gasteiger partial charge >= 0.3 is 0 Å². The number of rotatable bonds is 7. The summed E-state index contributed by atoms with van der Waals surface area (Å²) in [4.78, 5) is 0. The number of piperidine rings is 1. The summed E-state index contributed by atoms with van der Waals surface area (Å²) in [6.07, 6.45) is 4.65. The van der Waals surface area contributed by atoms with Gasteiger partial charge in [-0.25, -0.2) is 4.68 Å². The summed E-state index contributed by atoms with van der Waals surface area (Å²) in [6, 6.07) is 18.7. The van der Waals surface area contributed by atoms with Crippen LogP contribution in [-0.2, 0) is 28.9 Å². The van der Waals surface area contributed by atoms with Crippen LogP contribution in [0.2, 0.25) is 0 Å². The van der Waals surface area contributed by atoms with E-state index in [2.05, 4.69) is 64.2 Å². The summed E-state index contributed by atoms with van der Waals surface area (Å²) in [6.45, 7) is 2.41. The first-order valence-corrected chi connectivity index (χ1v) is 9.87. The molecule has 0 unspecified atom stereocenters. The van der Waals surface area contributed by atoms with Crippen LogP contribution in [0.1, 0.15) is 16.8 Å². The highest BCUT2D eigenvalue weighted by molar-refractivity contribution is 5.33. The molecule has 2 fully saturated rings. The van der Waals surface area contributed by atoms with E-state index >= 15 is 0 Å². The smallest absolute Gasteiger partial charge is 0.113 e. The van der Waals surface area contributed by atoms with Crippen molar-refractivity contribution in [1.82, 2.24) is 20.3 Å². The lowest BCUT2D eigenvalue weighted by Gasteiger charge is -2.20. The summed E-state index contributed by atoms with van der Waals surface area (Å²) in [5.74, 6) is 0. The van der Waals surface area contributed by atoms with Crippen molar-refractivity contribution in [2.45, 2.75) is 37.8 Å². The Morgan fingerprint density at radius 1 is 1.00 bits per heavy atom. The fourth-order valence-corrected chi connectivity index (χ4v) is 3.69. The van der Waals surface area contributed by atoms with Gasteiger partial charge in [-0.3, -0.25) is 0 Å². The van der Waals surface area contributed by atoms with Crippen LogP contribution in [0.3, 0.4) is 0 Å². The van der Waals surface area contributed by atoms with Crippen molar-refractivity contribution in [3.05, 3.63) is 77.6 Å². The Bertz CT molecular complexity index is 910. The Morgan fingerprint density at radius 2 is 1.86 bits per heavy atom. The van der Waals surface area contributed by atoms with E-state index in [1.54, 1.807) is 0 Å². The van der Waals surface area contributed by atoms with Crippen molar-refractivity contribution in [3.63, 3.8) is 0 Å². The molecular weight excluding hydrogens is 352 g/mol. The molecule has 0 radical (unpaired) electrons. The Morgan fingerprint density at radius 3 is 2.71 bits per heavy atom. The number of fused-ring (bicyclic) bond motifs is 1. The minimum Gasteiger partial charge on any atom is -0.369 e. The first-order chi connectivity index (χ1) is 13.8. The lowest BCUT2D eigenvalue weighted by Crippen LogP contribution is -2.41. The van der Waals surface area contributed by atoms with Gasteiger partial charge in [0.25, 0.3) is 0 Å². The molecule has 2 aliphatic rings. The second-order valence-electron chi connectivity index (χ2n) is 7.45. The number of nitrogens with one attached hydrogen (secondary N) is 1. The maximum atomic E-state index is 6.02. The van der Waals surface area contributed by atoms with Crippen molar-refractivity contribution in [2.24, 2.45) is 0 Å². The molecule has 0 bridgehead atoms. The minimum atomic E-state index is 0.154. The van der Waals surface area contributed by atoms with Crippen molar-refractivity contribution in [3.8, 4) is 5.69 Å². The average molecular weight is 376 g/mol. The zero-order valence-electron chi connectivity index (χ0n) is 15.7. The van der Waals surface area contributed by atoms with Crippen LogP contribution in [0.15, 0.2) is 60.8 Å². The number of aryl methyl sites for hydroxylation is 2. The molecule has 144 valence electrons. The van der Waals surface area contributed by atoms with E-state index in [0.29, 0.717) is 12.7 Å². The highest BCUT2D eigenvalue weighted by Gasteiger charge is 2.48. The third-order valence-corrected chi connectivity index (χ3v) is 5.40. The SMILES string of the molecule is c1ccc(CCc2cn(-c3ccc(CO[C@@H]4CNC[C@H]5O[C@H]45)cc3)nn2)cc1. The average Bonchev–Trinajstić information content (AvgIpc) is 3.41. The molecule has 0 spiro atoms. The maximum absolute atomic E-state index is 6.02. The molecule has 1 N–H and O–H groups in total. The second kappa shape index (κ2) is 7.83. The third kappa shape index (κ3) is 3.99. The molecule has 6 nitrogen and oxygen atoms in total. The Hall–Kier alpha value is -2.54. The molecule has 5 rings (SSSR count). The predicted octanol–water partition coefficient (Wildman–Crippen LogP) is 2.31. The molecule has 28 heavy (non-hydrogen) atoms. The van der Waals surface area contributed by atoms with E-state index in [4.69, 9.17) is 9.47 Å². The maximum Gasteiger partial charge on any atom is 0.113 e. The number of hydrogen-bond donors (Lipinski definition) is 1. The lowest BCUT2D eigenvalue weighted by molar-refractivity contribution is 0.0211. The zero-order valence-corrected chi connectivity index (χ0v) is 15.7. The van der Waals surface area contributed by atoms with Gasteiger partial charge in [-0.15, -0.1) is 5.10 Å². The van der Waals surface area contributed by atoms with Gasteiger partial charge in [-0.2, -0.15) is 0 Å². The quantitative estimate of drug-likeness (QED) is 0.641. The van der Waals surface area contributed by atoms with Gasteiger partial charge in [-0.05, 0) is 36.1 Å². The van der Waals surface area contributed by atoms with E-state index in [0.717, 1.165) is 42.9 Å². The molecule has 1 aromatic heterocycles. The predicted molar refractivity (Wildman–Crippen MR) is 105 cm³/mol. The number of epoxide rings is 1. The molecular formula is C22H24N4O2. The summed E-state index contributed by atoms with van der Waals surface area (Å²) in [5, 5.41) is 11.9. The van der Waals surface area contributed by atoms with Crippen molar-refractivity contribution in [1.29, 1.82) is 0 Å². The highest BCUT2D eigenvalue weighted by Crippen LogP contribution is 2.29. The molecule has 2 aliphatic heterocycles. The van der Waals surface area contributed by atoms with Crippen molar-refractivity contribution < 1.29 is 9.47 Å². The monoisotopic (exact) mass is 376 g/mol. The van der Waals surface area contributed by atoms with Crippen LogP contribution in [0.5, 0.6) is 0 Å². The van der Waals surface area contributed by atoms with E-state index in [-0.39, 0.29) is 12.2 Å². The summed E-state index contributed by atoms with van der Waals surface area (Å²) < 4.78 is 13.5. The van der Waals surface area contributed by atoms with Crippen LogP contribution >= 0.6 is 0 Å². The van der Waals surface area contributed by atoms with Gasteiger partial charge in [0.2, 0.25) is 0 Å². The van der Waals surface area contributed by atoms with Crippen LogP contribution in [0, 0.1) is 0 Å². The van der Waals surface area contributed by atoms with Gasteiger partial charge in [0, 0.05) is 13.1 Å². The van der Waals surface area contributed by atoms with Gasteiger partial charge in [-0.1, -0.05) is 47.7 Å². The van der Waals surface area contributed by atoms with E-state index in [1.165, 1.54) is 5.56 Å². The number of nitrogens with zero attached hydrogens (tertiary/aromatic N) is 3. The lowest BCUT2D eigenvalue weighted by atomic mass is 10.1. The van der Waals surface area contributed by atoms with Crippen molar-refractivity contribution in [2.75, 3.05) is 13.1 Å². The number of aromatic nitrogens is 3. The van der Waals surface area contributed by atoms with Crippen LogP contribution in [0.25, 0.3) is 5.69 Å². The van der Waals surface area contributed by atoms with Crippen LogP contribution in [0.4, 0.5) is 0 Å². The number of hydrogen-bond acceptors (Lipinski definition) is 5. The zero-order chi connectivity index (χ0) is 18.8. The topological polar surface area (TPSA) is 64.5 Å². The molecule has 3 aromatic rings. The molecule has 0 aliphatic carbocycles. The van der Waals surface area contributed by atoms with Crippen LogP contribution in [-0.4, -0.2) is 46.4 Å². The molecule has 2 aromatic carbocycles. The standard InChI is InChI=1S/C22H24N4O2/c1-2-4-16(5-3-1)6-9-18-14-26(25-24-18)19-10-7-17(8-11-19)15-27-20-12-23-13-21-22(20)28-21/h1-5,7-8,10-11,14,20-23H,6,9,12-13,15H2/t20-,21-,22-/m1/s1. The third-order valence-electron chi connectivity index (χ3n) is 5.40. The molecule has 6 heteroatoms. The highest BCUT2D eigenvalue weighted by atomic mass is 16.6. The van der Waals surface area contributed by atoms with Gasteiger partial charge in [0.15, 0.2) is 0 Å². The molecule has 0 saturated carbocycles. The Kier molecular flexibility index (Phi) is 4.91. The second-order valence-corrected chi connectivity index (χ2v) is 7.45. The number of ether oxygens (including phenoxy) is 2. The van der Waals surface area contributed by atoms with Gasteiger partial charge < -0.3 is 14.8 Å². The first-order valence-electron chi connectivity index (χ1n) is 9.87. The van der Waals surface area contributed by atoms with Crippen molar-refractivity contribution >= 4 is 0 Å². The molecule has 2 saturated heterocycles. The minimum absolute atomic E-state index is 0.154. The fourth-order valence-electron chi connectivity index (χ4n) is 3.69. The largest absolute Gasteiger partial charge is 0.369 e. The summed E-state index contributed by atoms with van der Waals surface area (Å²) in [7, 11) is 0. The first kappa shape index (κ1) is 17.6.